The van der Waals surface area contributed by atoms with Gasteiger partial charge in [-0.25, -0.2) is 18.1 Å². The van der Waals surface area contributed by atoms with E-state index in [1.807, 2.05) is 20.8 Å². The van der Waals surface area contributed by atoms with Crippen molar-refractivity contribution in [1.29, 1.82) is 5.26 Å². The molecule has 0 saturated heterocycles. The Morgan fingerprint density at radius 2 is 1.87 bits per heavy atom. The van der Waals surface area contributed by atoms with E-state index in [-0.39, 0.29) is 58.0 Å². The average Bonchev–Trinajstić information content (AvgIpc) is 2.97. The molecule has 2 aromatic heterocycles. The van der Waals surface area contributed by atoms with Gasteiger partial charge in [0.25, 0.3) is 10.0 Å². The van der Waals surface area contributed by atoms with Gasteiger partial charge in [0.2, 0.25) is 5.91 Å². The molecular weight excluding hydrogens is 448 g/mol. The van der Waals surface area contributed by atoms with Gasteiger partial charge in [-0.2, -0.15) is 28.2 Å². The molecule has 0 fully saturated rings. The SMILES string of the molecule is CC(=O)NS(=O)(=O)c1ccc(-n2nc(C(F)(F)F)c(C#N)c2NCC(C)(C)C)nc1.[Na]. The number of carbonyl (C=O) groups excluding carboxylic acids is 1. The molecule has 0 unspecified atom stereocenters. The quantitative estimate of drug-likeness (QED) is 0.644. The van der Waals surface area contributed by atoms with Crippen LogP contribution in [-0.4, -0.2) is 65.2 Å². The van der Waals surface area contributed by atoms with Gasteiger partial charge < -0.3 is 5.32 Å². The monoisotopic (exact) mass is 467 g/mol. The minimum Gasteiger partial charge on any atom is -0.368 e. The normalized spacial score (nSPS) is 11.9. The maximum Gasteiger partial charge on any atom is 0.436 e. The summed E-state index contributed by atoms with van der Waals surface area (Å²) in [5.41, 5.74) is -2.43. The molecule has 2 aromatic rings. The topological polar surface area (TPSA) is 130 Å². The standard InChI is InChI=1S/C17H19F3N6O3S.Na/c1-10(27)25-30(28,29)11-5-6-13(22-8-11)26-15(23-9-16(2,3)4)12(7-21)14(24-26)17(18,19)20;/h5-6,8,23H,9H2,1-4H3,(H,25,27);. The van der Waals surface area contributed by atoms with Gasteiger partial charge in [-0.15, -0.1) is 0 Å². The number of alkyl halides is 3. The van der Waals surface area contributed by atoms with Crippen molar-refractivity contribution in [2.75, 3.05) is 11.9 Å². The number of pyridine rings is 1. The van der Waals surface area contributed by atoms with Crippen LogP contribution in [0.15, 0.2) is 23.2 Å². The molecule has 9 nitrogen and oxygen atoms in total. The summed E-state index contributed by atoms with van der Waals surface area (Å²) in [6.45, 7) is 6.77. The first kappa shape index (κ1) is 26.9. The Hall–Kier alpha value is -2.14. The van der Waals surface area contributed by atoms with Gasteiger partial charge in [0.05, 0.1) is 0 Å². The fourth-order valence-corrected chi connectivity index (χ4v) is 3.24. The third-order valence-corrected chi connectivity index (χ3v) is 5.00. The molecule has 0 bridgehead atoms. The Kier molecular flexibility index (Phi) is 8.29. The molecule has 163 valence electrons. The third kappa shape index (κ3) is 6.67. The van der Waals surface area contributed by atoms with Crippen LogP contribution in [0.2, 0.25) is 0 Å². The van der Waals surface area contributed by atoms with Crippen LogP contribution in [0.1, 0.15) is 39.0 Å². The number of carbonyl (C=O) groups is 1. The third-order valence-electron chi connectivity index (χ3n) is 3.58. The van der Waals surface area contributed by atoms with Gasteiger partial charge in [0.15, 0.2) is 11.5 Å². The van der Waals surface area contributed by atoms with Crippen molar-refractivity contribution in [2.45, 2.75) is 38.8 Å². The Morgan fingerprint density at radius 1 is 1.26 bits per heavy atom. The number of amides is 1. The molecule has 0 aliphatic carbocycles. The molecule has 2 N–H and O–H groups in total. The van der Waals surface area contributed by atoms with E-state index in [1.165, 1.54) is 6.07 Å². The van der Waals surface area contributed by atoms with Crippen molar-refractivity contribution in [3.05, 3.63) is 29.6 Å². The van der Waals surface area contributed by atoms with Crippen LogP contribution in [0.3, 0.4) is 0 Å². The van der Waals surface area contributed by atoms with E-state index in [1.54, 1.807) is 4.72 Å². The molecule has 0 aliphatic heterocycles. The summed E-state index contributed by atoms with van der Waals surface area (Å²) in [5, 5.41) is 15.6. The second-order valence-electron chi connectivity index (χ2n) is 7.52. The van der Waals surface area contributed by atoms with Gasteiger partial charge in [0.1, 0.15) is 22.3 Å². The molecule has 0 aromatic carbocycles. The minimum absolute atomic E-state index is 0. The summed E-state index contributed by atoms with van der Waals surface area (Å²) in [6.07, 6.45) is -4.02. The smallest absolute Gasteiger partial charge is 0.368 e. The number of sulfonamides is 1. The maximum absolute atomic E-state index is 13.4. The van der Waals surface area contributed by atoms with Crippen molar-refractivity contribution in [2.24, 2.45) is 5.41 Å². The van der Waals surface area contributed by atoms with Gasteiger partial charge in [0, 0.05) is 49.2 Å². The Labute approximate surface area is 199 Å². The van der Waals surface area contributed by atoms with Crippen LogP contribution in [0, 0.1) is 16.7 Å². The van der Waals surface area contributed by atoms with Gasteiger partial charge in [-0.05, 0) is 17.5 Å². The van der Waals surface area contributed by atoms with E-state index in [0.717, 1.165) is 29.9 Å². The molecule has 2 rings (SSSR count). The fraction of sp³-hybridized carbons (Fsp3) is 0.412. The van der Waals surface area contributed by atoms with E-state index < -0.39 is 33.4 Å². The van der Waals surface area contributed by atoms with Gasteiger partial charge in [-0.3, -0.25) is 4.79 Å². The second kappa shape index (κ2) is 9.56. The molecule has 0 atom stereocenters. The fourth-order valence-electron chi connectivity index (χ4n) is 2.31. The molecule has 2 heterocycles. The molecule has 0 spiro atoms. The Morgan fingerprint density at radius 3 is 2.29 bits per heavy atom. The number of nitrogens with one attached hydrogen (secondary N) is 2. The van der Waals surface area contributed by atoms with Crippen molar-refractivity contribution in [3.63, 3.8) is 0 Å². The first-order valence-electron chi connectivity index (χ1n) is 8.50. The molecule has 1 radical (unpaired) electrons. The molecule has 0 saturated carbocycles. The summed E-state index contributed by atoms with van der Waals surface area (Å²) in [5.74, 6) is -1.18. The zero-order chi connectivity index (χ0) is 22.9. The minimum atomic E-state index is -4.89. The summed E-state index contributed by atoms with van der Waals surface area (Å²) in [7, 11) is -4.17. The zero-order valence-electron chi connectivity index (χ0n) is 17.5. The van der Waals surface area contributed by atoms with Crippen molar-refractivity contribution < 1.29 is 26.4 Å². The van der Waals surface area contributed by atoms with E-state index in [4.69, 9.17) is 0 Å². The average molecular weight is 467 g/mol. The number of halogens is 3. The first-order valence-corrected chi connectivity index (χ1v) is 9.98. The number of anilines is 1. The maximum atomic E-state index is 13.4. The van der Waals surface area contributed by atoms with Crippen molar-refractivity contribution in [3.8, 4) is 11.9 Å². The van der Waals surface area contributed by atoms with Crippen molar-refractivity contribution >= 4 is 51.3 Å². The first-order chi connectivity index (χ1) is 13.7. The summed E-state index contributed by atoms with van der Waals surface area (Å²) in [6, 6.07) is 3.69. The van der Waals surface area contributed by atoms with Crippen LogP contribution in [0.25, 0.3) is 5.82 Å². The molecule has 0 aliphatic rings. The number of hydrogen-bond donors (Lipinski definition) is 2. The van der Waals surface area contributed by atoms with Crippen LogP contribution in [-0.2, 0) is 21.0 Å². The largest absolute Gasteiger partial charge is 0.436 e. The second-order valence-corrected chi connectivity index (χ2v) is 9.20. The molecule has 31 heavy (non-hydrogen) atoms. The number of hydrogen-bond acceptors (Lipinski definition) is 7. The zero-order valence-corrected chi connectivity index (χ0v) is 20.3. The predicted molar refractivity (Wildman–Crippen MR) is 106 cm³/mol. The van der Waals surface area contributed by atoms with Gasteiger partial charge >= 0.3 is 6.18 Å². The van der Waals surface area contributed by atoms with Crippen molar-refractivity contribution in [1.82, 2.24) is 19.5 Å². The number of nitriles is 1. The van der Waals surface area contributed by atoms with Crippen LogP contribution < -0.4 is 10.0 Å². The van der Waals surface area contributed by atoms with Crippen LogP contribution >= 0.6 is 0 Å². The van der Waals surface area contributed by atoms with Crippen LogP contribution in [0.5, 0.6) is 0 Å². The van der Waals surface area contributed by atoms with Crippen LogP contribution in [0.4, 0.5) is 19.0 Å². The summed E-state index contributed by atoms with van der Waals surface area (Å²) < 4.78 is 66.7. The van der Waals surface area contributed by atoms with E-state index >= 15 is 0 Å². The van der Waals surface area contributed by atoms with Gasteiger partial charge in [-0.1, -0.05) is 20.8 Å². The summed E-state index contributed by atoms with van der Waals surface area (Å²) >= 11 is 0. The molecular formula is C17H19F3N6NaO3S. The van der Waals surface area contributed by atoms with E-state index in [2.05, 4.69) is 15.4 Å². The number of nitrogens with zero attached hydrogens (tertiary/aromatic N) is 4. The number of rotatable bonds is 5. The van der Waals surface area contributed by atoms with E-state index in [0.29, 0.717) is 0 Å². The Bertz CT molecular complexity index is 1100. The summed E-state index contributed by atoms with van der Waals surface area (Å²) in [4.78, 5) is 14.5. The molecule has 1 amide bonds. The predicted octanol–water partition coefficient (Wildman–Crippen LogP) is 2.06. The number of aromatic nitrogens is 3. The van der Waals surface area contributed by atoms with E-state index in [9.17, 15) is 31.6 Å². The molecule has 14 heteroatoms. The Balaban J connectivity index is 0.00000480.